The second-order valence-corrected chi connectivity index (χ2v) is 4.05. The monoisotopic (exact) mass is 228 g/mol. The second kappa shape index (κ2) is 6.55. The molecule has 16 heavy (non-hydrogen) atoms. The predicted octanol–water partition coefficient (Wildman–Crippen LogP) is 2.04. The molecule has 3 N–H and O–H groups in total. The van der Waals surface area contributed by atoms with Gasteiger partial charge in [0.2, 0.25) is 0 Å². The summed E-state index contributed by atoms with van der Waals surface area (Å²) in [6, 6.07) is 3.63. The second-order valence-electron chi connectivity index (χ2n) is 4.05. The summed E-state index contributed by atoms with van der Waals surface area (Å²) in [6.07, 6.45) is 0.943. The van der Waals surface area contributed by atoms with Crippen molar-refractivity contribution in [3.8, 4) is 0 Å². The quantitative estimate of drug-likeness (QED) is 0.782. The van der Waals surface area contributed by atoms with Crippen molar-refractivity contribution in [3.05, 3.63) is 35.4 Å². The van der Waals surface area contributed by atoms with E-state index in [0.29, 0.717) is 24.6 Å². The van der Waals surface area contributed by atoms with Crippen molar-refractivity contribution < 1.29 is 8.78 Å². The molecular weight excluding hydrogens is 210 g/mol. The molecule has 1 aromatic rings. The first-order valence-corrected chi connectivity index (χ1v) is 5.48. The molecular formula is C12H18F2N2. The highest BCUT2D eigenvalue weighted by atomic mass is 19.1. The largest absolute Gasteiger partial charge is 0.330 e. The standard InChI is InChI=1S/C12H18F2N2/c1-9(4-5-15)7-16-8-10-2-3-11(13)6-12(10)14/h2-3,6,9,16H,4-5,7-8,15H2,1H3. The van der Waals surface area contributed by atoms with E-state index in [1.54, 1.807) is 0 Å². The van der Waals surface area contributed by atoms with Crippen LogP contribution in [0.15, 0.2) is 18.2 Å². The molecule has 0 amide bonds. The number of nitrogens with one attached hydrogen (secondary N) is 1. The Bertz CT molecular complexity index is 329. The molecule has 0 aliphatic rings. The SMILES string of the molecule is CC(CCN)CNCc1ccc(F)cc1F. The van der Waals surface area contributed by atoms with Gasteiger partial charge in [-0.25, -0.2) is 8.78 Å². The topological polar surface area (TPSA) is 38.0 Å². The summed E-state index contributed by atoms with van der Waals surface area (Å²) in [5.74, 6) is -0.578. The first-order valence-electron chi connectivity index (χ1n) is 5.48. The van der Waals surface area contributed by atoms with Gasteiger partial charge in [0, 0.05) is 18.2 Å². The Morgan fingerprint density at radius 2 is 2.12 bits per heavy atom. The molecule has 0 aromatic heterocycles. The lowest BCUT2D eigenvalue weighted by Gasteiger charge is -2.11. The number of hydrogen-bond donors (Lipinski definition) is 2. The van der Waals surface area contributed by atoms with Crippen LogP contribution in [0.25, 0.3) is 0 Å². The maximum Gasteiger partial charge on any atom is 0.130 e. The van der Waals surface area contributed by atoms with E-state index >= 15 is 0 Å². The number of rotatable bonds is 6. The molecule has 1 rings (SSSR count). The van der Waals surface area contributed by atoms with Crippen LogP contribution in [0.2, 0.25) is 0 Å². The Balaban J connectivity index is 2.37. The van der Waals surface area contributed by atoms with Crippen LogP contribution < -0.4 is 11.1 Å². The normalized spacial score (nSPS) is 12.8. The Hall–Kier alpha value is -1.00. The van der Waals surface area contributed by atoms with E-state index in [1.807, 2.05) is 0 Å². The minimum absolute atomic E-state index is 0.418. The van der Waals surface area contributed by atoms with Crippen molar-refractivity contribution in [1.82, 2.24) is 5.32 Å². The van der Waals surface area contributed by atoms with Gasteiger partial charge in [0.1, 0.15) is 11.6 Å². The van der Waals surface area contributed by atoms with Crippen LogP contribution in [0.4, 0.5) is 8.78 Å². The van der Waals surface area contributed by atoms with Gasteiger partial charge < -0.3 is 11.1 Å². The van der Waals surface area contributed by atoms with Crippen LogP contribution >= 0.6 is 0 Å². The first-order chi connectivity index (χ1) is 7.63. The zero-order valence-corrected chi connectivity index (χ0v) is 9.47. The van der Waals surface area contributed by atoms with E-state index < -0.39 is 11.6 Å². The molecule has 0 saturated heterocycles. The highest BCUT2D eigenvalue weighted by Gasteiger charge is 2.04. The third-order valence-corrected chi connectivity index (χ3v) is 2.48. The lowest BCUT2D eigenvalue weighted by molar-refractivity contribution is 0.479. The molecule has 0 radical (unpaired) electrons. The lowest BCUT2D eigenvalue weighted by Crippen LogP contribution is -2.23. The van der Waals surface area contributed by atoms with Crippen LogP contribution in [-0.4, -0.2) is 13.1 Å². The maximum absolute atomic E-state index is 13.2. The van der Waals surface area contributed by atoms with Gasteiger partial charge >= 0.3 is 0 Å². The number of halogens is 2. The smallest absolute Gasteiger partial charge is 0.130 e. The van der Waals surface area contributed by atoms with Crippen LogP contribution in [0.3, 0.4) is 0 Å². The Labute approximate surface area is 94.8 Å². The van der Waals surface area contributed by atoms with Gasteiger partial charge in [0.15, 0.2) is 0 Å². The Kier molecular flexibility index (Phi) is 5.35. The molecule has 0 aliphatic carbocycles. The first kappa shape index (κ1) is 13.1. The summed E-state index contributed by atoms with van der Waals surface area (Å²) in [5, 5.41) is 3.13. The number of benzene rings is 1. The summed E-state index contributed by atoms with van der Waals surface area (Å²) in [6.45, 7) is 3.95. The van der Waals surface area contributed by atoms with E-state index in [4.69, 9.17) is 5.73 Å². The highest BCUT2D eigenvalue weighted by molar-refractivity contribution is 5.18. The Morgan fingerprint density at radius 3 is 2.75 bits per heavy atom. The molecule has 2 nitrogen and oxygen atoms in total. The van der Waals surface area contributed by atoms with Crippen LogP contribution in [0.1, 0.15) is 18.9 Å². The van der Waals surface area contributed by atoms with Gasteiger partial charge in [-0.05, 0) is 31.5 Å². The fraction of sp³-hybridized carbons (Fsp3) is 0.500. The molecule has 1 aromatic carbocycles. The van der Waals surface area contributed by atoms with E-state index in [-0.39, 0.29) is 0 Å². The minimum Gasteiger partial charge on any atom is -0.330 e. The summed E-state index contributed by atoms with van der Waals surface area (Å²) in [4.78, 5) is 0. The average molecular weight is 228 g/mol. The molecule has 1 atom stereocenters. The zero-order chi connectivity index (χ0) is 12.0. The summed E-state index contributed by atoms with van der Waals surface area (Å²) < 4.78 is 25.8. The third-order valence-electron chi connectivity index (χ3n) is 2.48. The van der Waals surface area contributed by atoms with Crippen LogP contribution in [-0.2, 0) is 6.54 Å². The molecule has 0 spiro atoms. The highest BCUT2D eigenvalue weighted by Crippen LogP contribution is 2.09. The summed E-state index contributed by atoms with van der Waals surface area (Å²) in [7, 11) is 0. The lowest BCUT2D eigenvalue weighted by atomic mass is 10.1. The van der Waals surface area contributed by atoms with Gasteiger partial charge in [0.05, 0.1) is 0 Å². The maximum atomic E-state index is 13.2. The van der Waals surface area contributed by atoms with Gasteiger partial charge in [-0.1, -0.05) is 13.0 Å². The van der Waals surface area contributed by atoms with Crippen molar-refractivity contribution in [1.29, 1.82) is 0 Å². The van der Waals surface area contributed by atoms with Gasteiger partial charge in [-0.2, -0.15) is 0 Å². The fourth-order valence-corrected chi connectivity index (χ4v) is 1.50. The molecule has 0 bridgehead atoms. The Morgan fingerprint density at radius 1 is 1.38 bits per heavy atom. The molecule has 1 unspecified atom stereocenters. The van der Waals surface area contributed by atoms with Crippen molar-refractivity contribution in [3.63, 3.8) is 0 Å². The number of nitrogens with two attached hydrogens (primary N) is 1. The van der Waals surface area contributed by atoms with Gasteiger partial charge in [0.25, 0.3) is 0 Å². The van der Waals surface area contributed by atoms with Crippen molar-refractivity contribution in [2.45, 2.75) is 19.9 Å². The van der Waals surface area contributed by atoms with Gasteiger partial charge in [-0.15, -0.1) is 0 Å². The van der Waals surface area contributed by atoms with E-state index in [9.17, 15) is 8.78 Å². The van der Waals surface area contributed by atoms with Crippen molar-refractivity contribution >= 4 is 0 Å². The predicted molar refractivity (Wildman–Crippen MR) is 60.9 cm³/mol. The fourth-order valence-electron chi connectivity index (χ4n) is 1.50. The minimum atomic E-state index is -0.544. The molecule has 0 saturated carbocycles. The van der Waals surface area contributed by atoms with E-state index in [1.165, 1.54) is 12.1 Å². The van der Waals surface area contributed by atoms with Crippen molar-refractivity contribution in [2.24, 2.45) is 11.7 Å². The molecule has 0 fully saturated rings. The molecule has 4 heteroatoms. The number of hydrogen-bond acceptors (Lipinski definition) is 2. The van der Waals surface area contributed by atoms with Gasteiger partial charge in [-0.3, -0.25) is 0 Å². The molecule has 0 aliphatic heterocycles. The molecule has 0 heterocycles. The third kappa shape index (κ3) is 4.24. The summed E-state index contributed by atoms with van der Waals surface area (Å²) in [5.41, 5.74) is 5.91. The zero-order valence-electron chi connectivity index (χ0n) is 9.47. The van der Waals surface area contributed by atoms with Crippen LogP contribution in [0.5, 0.6) is 0 Å². The van der Waals surface area contributed by atoms with Crippen LogP contribution in [0, 0.1) is 17.6 Å². The van der Waals surface area contributed by atoms with E-state index in [2.05, 4.69) is 12.2 Å². The molecule has 90 valence electrons. The van der Waals surface area contributed by atoms with E-state index in [0.717, 1.165) is 19.0 Å². The summed E-state index contributed by atoms with van der Waals surface area (Å²) >= 11 is 0. The average Bonchev–Trinajstić information content (AvgIpc) is 2.22. The van der Waals surface area contributed by atoms with Crippen molar-refractivity contribution in [2.75, 3.05) is 13.1 Å².